The number of amides is 1. The second kappa shape index (κ2) is 8.55. The molecule has 10 heteroatoms. The van der Waals surface area contributed by atoms with Crippen molar-refractivity contribution in [1.82, 2.24) is 18.8 Å². The van der Waals surface area contributed by atoms with Crippen molar-refractivity contribution in [3.8, 4) is 0 Å². The highest BCUT2D eigenvalue weighted by molar-refractivity contribution is 9.11. The van der Waals surface area contributed by atoms with E-state index >= 15 is 0 Å². The number of fused-ring (bicyclic) bond motifs is 1. The van der Waals surface area contributed by atoms with Gasteiger partial charge in [0, 0.05) is 45.9 Å². The third-order valence-electron chi connectivity index (χ3n) is 4.73. The molecule has 0 aliphatic carbocycles. The Hall–Kier alpha value is -1.75. The summed E-state index contributed by atoms with van der Waals surface area (Å²) in [6.45, 7) is 0.573. The molecule has 0 bridgehead atoms. The lowest BCUT2D eigenvalue weighted by Gasteiger charge is -2.16. The number of rotatable bonds is 7. The summed E-state index contributed by atoms with van der Waals surface area (Å²) in [6.07, 6.45) is 0.821. The minimum absolute atomic E-state index is 0.0393. The third-order valence-corrected chi connectivity index (χ3v) is 8.15. The van der Waals surface area contributed by atoms with Gasteiger partial charge in [-0.25, -0.2) is 17.7 Å². The van der Waals surface area contributed by atoms with Gasteiger partial charge in [0.25, 0.3) is 0 Å². The highest BCUT2D eigenvalue weighted by Gasteiger charge is 2.19. The fourth-order valence-electron chi connectivity index (χ4n) is 2.99. The topological polar surface area (TPSA) is 75.5 Å². The quantitative estimate of drug-likeness (QED) is 0.500. The van der Waals surface area contributed by atoms with Crippen LogP contribution in [-0.2, 0) is 34.8 Å². The lowest BCUT2D eigenvalue weighted by molar-refractivity contribution is -0.130. The maximum atomic E-state index is 12.5. The van der Waals surface area contributed by atoms with E-state index in [1.54, 1.807) is 41.5 Å². The molecule has 1 aromatic carbocycles. The number of halogens is 1. The molecule has 0 unspecified atom stereocenters. The monoisotopic (exact) mass is 498 g/mol. The van der Waals surface area contributed by atoms with Crippen LogP contribution in [0.3, 0.4) is 0 Å². The van der Waals surface area contributed by atoms with Gasteiger partial charge in [-0.3, -0.25) is 4.79 Å². The Morgan fingerprint density at radius 1 is 1.21 bits per heavy atom. The molecule has 29 heavy (non-hydrogen) atoms. The number of thiophene rings is 1. The van der Waals surface area contributed by atoms with Gasteiger partial charge in [0.2, 0.25) is 15.9 Å². The van der Waals surface area contributed by atoms with Gasteiger partial charge in [-0.2, -0.15) is 0 Å². The van der Waals surface area contributed by atoms with E-state index in [-0.39, 0.29) is 10.8 Å². The van der Waals surface area contributed by atoms with Gasteiger partial charge in [0.1, 0.15) is 5.82 Å². The average molecular weight is 499 g/mol. The molecule has 0 saturated carbocycles. The Morgan fingerprint density at radius 3 is 2.55 bits per heavy atom. The van der Waals surface area contributed by atoms with Crippen molar-refractivity contribution in [2.75, 3.05) is 21.1 Å². The molecule has 2 aromatic heterocycles. The van der Waals surface area contributed by atoms with Crippen molar-refractivity contribution in [3.63, 3.8) is 0 Å². The zero-order valence-electron chi connectivity index (χ0n) is 16.7. The van der Waals surface area contributed by atoms with Crippen molar-refractivity contribution >= 4 is 54.2 Å². The summed E-state index contributed by atoms with van der Waals surface area (Å²) in [4.78, 5) is 20.1. The molecule has 0 atom stereocenters. The van der Waals surface area contributed by atoms with Gasteiger partial charge in [0.15, 0.2) is 0 Å². The molecule has 0 spiro atoms. The van der Waals surface area contributed by atoms with Gasteiger partial charge in [-0.15, -0.1) is 11.3 Å². The van der Waals surface area contributed by atoms with Crippen LogP contribution in [0.2, 0.25) is 0 Å². The molecule has 1 amide bonds. The number of hydrogen-bond donors (Lipinski definition) is 0. The fraction of sp³-hybridized carbons (Fsp3) is 0.368. The number of aryl methyl sites for hydroxylation is 2. The maximum Gasteiger partial charge on any atom is 0.242 e. The number of carbonyl (C=O) groups is 1. The molecule has 0 aliphatic heterocycles. The minimum Gasteiger partial charge on any atom is -0.341 e. The van der Waals surface area contributed by atoms with E-state index < -0.39 is 10.0 Å². The number of imidazole rings is 1. The second-order valence-electron chi connectivity index (χ2n) is 6.98. The SMILES string of the molecule is CN(Cc1ccc(Br)s1)C(=O)CCc1nc2cc(S(=O)(=O)N(C)C)ccc2n1C. The fourth-order valence-corrected chi connectivity index (χ4v) is 5.45. The van der Waals surface area contributed by atoms with Gasteiger partial charge in [-0.05, 0) is 46.3 Å². The van der Waals surface area contributed by atoms with Gasteiger partial charge >= 0.3 is 0 Å². The molecular formula is C19H23BrN4O3S2. The van der Waals surface area contributed by atoms with Crippen LogP contribution in [0.4, 0.5) is 0 Å². The average Bonchev–Trinajstić information content (AvgIpc) is 3.22. The number of nitrogens with zero attached hydrogens (tertiary/aromatic N) is 4. The Kier molecular flexibility index (Phi) is 6.47. The van der Waals surface area contributed by atoms with E-state index in [0.717, 1.165) is 20.0 Å². The van der Waals surface area contributed by atoms with Crippen LogP contribution >= 0.6 is 27.3 Å². The first kappa shape index (κ1) is 21.9. The summed E-state index contributed by atoms with van der Waals surface area (Å²) in [5.74, 6) is 0.789. The standard InChI is InChI=1S/C19H23BrN4O3S2/c1-22(2)29(26,27)14-6-7-16-15(11-14)21-18(24(16)4)9-10-19(25)23(3)12-13-5-8-17(20)28-13/h5-8,11H,9-10,12H2,1-4H3. The molecular weight excluding hydrogens is 476 g/mol. The Balaban J connectivity index is 1.73. The Labute approximate surface area is 183 Å². The maximum absolute atomic E-state index is 12.5. The predicted octanol–water partition coefficient (Wildman–Crippen LogP) is 3.24. The number of aromatic nitrogens is 2. The first-order valence-corrected chi connectivity index (χ1v) is 12.0. The molecule has 2 heterocycles. The van der Waals surface area contributed by atoms with E-state index in [1.807, 2.05) is 23.7 Å². The zero-order valence-corrected chi connectivity index (χ0v) is 19.9. The third kappa shape index (κ3) is 4.71. The van der Waals surface area contributed by atoms with Crippen LogP contribution in [0.1, 0.15) is 17.1 Å². The summed E-state index contributed by atoms with van der Waals surface area (Å²) in [6, 6.07) is 8.90. The summed E-state index contributed by atoms with van der Waals surface area (Å²) in [5, 5.41) is 0. The lowest BCUT2D eigenvalue weighted by Crippen LogP contribution is -2.26. The van der Waals surface area contributed by atoms with Gasteiger partial charge in [0.05, 0.1) is 26.3 Å². The van der Waals surface area contributed by atoms with E-state index in [0.29, 0.717) is 24.9 Å². The van der Waals surface area contributed by atoms with Crippen LogP contribution in [-0.4, -0.2) is 54.2 Å². The molecule has 7 nitrogen and oxygen atoms in total. The molecule has 3 rings (SSSR count). The van der Waals surface area contributed by atoms with E-state index in [2.05, 4.69) is 20.9 Å². The van der Waals surface area contributed by atoms with Crippen LogP contribution < -0.4 is 0 Å². The molecule has 0 saturated heterocycles. The largest absolute Gasteiger partial charge is 0.341 e. The van der Waals surface area contributed by atoms with Gasteiger partial charge in [-0.1, -0.05) is 0 Å². The Bertz CT molecular complexity index is 1150. The van der Waals surface area contributed by atoms with Crippen LogP contribution in [0.25, 0.3) is 11.0 Å². The summed E-state index contributed by atoms with van der Waals surface area (Å²) in [7, 11) is 3.16. The van der Waals surface area contributed by atoms with Crippen molar-refractivity contribution in [1.29, 1.82) is 0 Å². The Morgan fingerprint density at radius 2 is 1.93 bits per heavy atom. The minimum atomic E-state index is -3.52. The highest BCUT2D eigenvalue weighted by Crippen LogP contribution is 2.24. The van der Waals surface area contributed by atoms with Crippen LogP contribution in [0.5, 0.6) is 0 Å². The molecule has 0 N–H and O–H groups in total. The van der Waals surface area contributed by atoms with Crippen molar-refractivity contribution in [2.24, 2.45) is 7.05 Å². The van der Waals surface area contributed by atoms with Crippen molar-refractivity contribution in [2.45, 2.75) is 24.3 Å². The van der Waals surface area contributed by atoms with Crippen LogP contribution in [0, 0.1) is 0 Å². The number of benzene rings is 1. The smallest absolute Gasteiger partial charge is 0.242 e. The first-order chi connectivity index (χ1) is 13.6. The second-order valence-corrected chi connectivity index (χ2v) is 11.7. The normalized spacial score (nSPS) is 12.1. The molecule has 156 valence electrons. The summed E-state index contributed by atoms with van der Waals surface area (Å²) >= 11 is 5.05. The molecule has 0 radical (unpaired) electrons. The van der Waals surface area contributed by atoms with Gasteiger partial charge < -0.3 is 9.47 Å². The highest BCUT2D eigenvalue weighted by atomic mass is 79.9. The van der Waals surface area contributed by atoms with Crippen molar-refractivity contribution in [3.05, 3.63) is 44.8 Å². The lowest BCUT2D eigenvalue weighted by atomic mass is 10.2. The van der Waals surface area contributed by atoms with E-state index in [4.69, 9.17) is 0 Å². The number of hydrogen-bond acceptors (Lipinski definition) is 5. The predicted molar refractivity (Wildman–Crippen MR) is 118 cm³/mol. The van der Waals surface area contributed by atoms with Crippen LogP contribution in [0.15, 0.2) is 39.0 Å². The number of carbonyl (C=O) groups excluding carboxylic acids is 1. The summed E-state index contributed by atoms with van der Waals surface area (Å²) in [5.41, 5.74) is 1.44. The number of sulfonamides is 1. The zero-order chi connectivity index (χ0) is 21.3. The molecule has 0 aliphatic rings. The summed E-state index contributed by atoms with van der Waals surface area (Å²) < 4.78 is 28.8. The molecule has 0 fully saturated rings. The van der Waals surface area contributed by atoms with E-state index in [9.17, 15) is 13.2 Å². The first-order valence-electron chi connectivity index (χ1n) is 8.95. The molecule has 3 aromatic rings. The van der Waals surface area contributed by atoms with E-state index in [1.165, 1.54) is 18.4 Å². The van der Waals surface area contributed by atoms with Crippen molar-refractivity contribution < 1.29 is 13.2 Å².